The van der Waals surface area contributed by atoms with Gasteiger partial charge in [0.15, 0.2) is 0 Å². The summed E-state index contributed by atoms with van der Waals surface area (Å²) in [5.74, 6) is 0.488. The van der Waals surface area contributed by atoms with E-state index in [0.29, 0.717) is 18.5 Å². The van der Waals surface area contributed by atoms with E-state index in [0.717, 1.165) is 48.5 Å². The van der Waals surface area contributed by atoms with Gasteiger partial charge in [-0.1, -0.05) is 12.1 Å². The van der Waals surface area contributed by atoms with Gasteiger partial charge in [0.25, 0.3) is 11.6 Å². The van der Waals surface area contributed by atoms with E-state index in [1.165, 1.54) is 12.1 Å². The van der Waals surface area contributed by atoms with Crippen molar-refractivity contribution < 1.29 is 9.72 Å². The highest BCUT2D eigenvalue weighted by molar-refractivity contribution is 6.00. The van der Waals surface area contributed by atoms with E-state index < -0.39 is 4.92 Å². The van der Waals surface area contributed by atoms with Gasteiger partial charge in [0.2, 0.25) is 0 Å². The number of fused-ring (bicyclic) bond motifs is 1. The smallest absolute Gasteiger partial charge is 0.270 e. The van der Waals surface area contributed by atoms with Gasteiger partial charge in [-0.05, 0) is 31.0 Å². The lowest BCUT2D eigenvalue weighted by atomic mass is 10.1. The van der Waals surface area contributed by atoms with Gasteiger partial charge >= 0.3 is 0 Å². The summed E-state index contributed by atoms with van der Waals surface area (Å²) < 4.78 is 0. The zero-order valence-corrected chi connectivity index (χ0v) is 15.4. The first-order valence-corrected chi connectivity index (χ1v) is 9.37. The van der Waals surface area contributed by atoms with Crippen LogP contribution in [0.4, 0.5) is 11.4 Å². The Labute approximate surface area is 161 Å². The number of nitro benzene ring substituents is 1. The Morgan fingerprint density at radius 2 is 2.00 bits per heavy atom. The number of imidazole rings is 1. The zero-order valence-electron chi connectivity index (χ0n) is 15.4. The van der Waals surface area contributed by atoms with Gasteiger partial charge in [-0.2, -0.15) is 0 Å². The number of hydrogen-bond acceptors (Lipinski definition) is 5. The lowest BCUT2D eigenvalue weighted by Gasteiger charge is -2.20. The number of H-pyrrole nitrogens is 1. The van der Waals surface area contributed by atoms with Crippen LogP contribution >= 0.6 is 0 Å². The Kier molecular flexibility index (Phi) is 4.92. The van der Waals surface area contributed by atoms with Crippen LogP contribution in [0.15, 0.2) is 42.5 Å². The van der Waals surface area contributed by atoms with E-state index in [9.17, 15) is 14.9 Å². The van der Waals surface area contributed by atoms with Crippen LogP contribution in [0.2, 0.25) is 0 Å². The average Bonchev–Trinajstić information content (AvgIpc) is 3.36. The molecule has 2 heterocycles. The van der Waals surface area contributed by atoms with Crippen molar-refractivity contribution in [1.29, 1.82) is 0 Å². The van der Waals surface area contributed by atoms with Gasteiger partial charge < -0.3 is 15.2 Å². The molecule has 4 rings (SSSR count). The lowest BCUT2D eigenvalue weighted by Crippen LogP contribution is -2.29. The van der Waals surface area contributed by atoms with Crippen LogP contribution in [-0.4, -0.2) is 40.4 Å². The summed E-state index contributed by atoms with van der Waals surface area (Å²) >= 11 is 0. The van der Waals surface area contributed by atoms with E-state index in [-0.39, 0.29) is 11.6 Å². The number of rotatable bonds is 6. The molecule has 1 aliphatic rings. The number of nitrogens with one attached hydrogen (secondary N) is 2. The molecule has 1 aromatic heterocycles. The molecule has 0 bridgehead atoms. The first-order chi connectivity index (χ1) is 13.6. The summed E-state index contributed by atoms with van der Waals surface area (Å²) in [6, 6.07) is 12.3. The number of amides is 1. The van der Waals surface area contributed by atoms with Crippen molar-refractivity contribution in [2.45, 2.75) is 19.3 Å². The lowest BCUT2D eigenvalue weighted by molar-refractivity contribution is -0.384. The number of aromatic nitrogens is 2. The van der Waals surface area contributed by atoms with Crippen molar-refractivity contribution in [1.82, 2.24) is 15.3 Å². The highest BCUT2D eigenvalue weighted by Crippen LogP contribution is 2.28. The molecular weight excluding hydrogens is 358 g/mol. The number of nitro groups is 1. The van der Waals surface area contributed by atoms with Crippen LogP contribution in [0, 0.1) is 10.1 Å². The number of hydrogen-bond donors (Lipinski definition) is 2. The minimum absolute atomic E-state index is 0.0784. The number of benzene rings is 2. The van der Waals surface area contributed by atoms with Crippen LogP contribution in [0.25, 0.3) is 11.0 Å². The Hall–Kier alpha value is -3.42. The first-order valence-electron chi connectivity index (χ1n) is 9.37. The summed E-state index contributed by atoms with van der Waals surface area (Å²) in [6.07, 6.45) is 2.67. The fraction of sp³-hybridized carbons (Fsp3) is 0.300. The van der Waals surface area contributed by atoms with Gasteiger partial charge in [-0.15, -0.1) is 0 Å². The van der Waals surface area contributed by atoms with Crippen molar-refractivity contribution in [2.75, 3.05) is 24.5 Å². The van der Waals surface area contributed by atoms with Gasteiger partial charge in [-0.3, -0.25) is 14.9 Å². The summed E-state index contributed by atoms with van der Waals surface area (Å²) in [5.41, 5.74) is 2.87. The standard InChI is InChI=1S/C20H21N5O3/c26-20(21-10-9-19-22-16-5-1-2-6-17(16)23-19)15-13-14(25(27)28)7-8-18(15)24-11-3-4-12-24/h1-2,5-8,13H,3-4,9-12H2,(H,21,26)(H,22,23). The number of carbonyl (C=O) groups excluding carboxylic acids is 1. The van der Waals surface area contributed by atoms with Crippen molar-refractivity contribution in [3.8, 4) is 0 Å². The molecule has 144 valence electrons. The quantitative estimate of drug-likeness (QED) is 0.506. The third-order valence-corrected chi connectivity index (χ3v) is 4.97. The van der Waals surface area contributed by atoms with E-state index in [1.807, 2.05) is 24.3 Å². The number of aromatic amines is 1. The number of non-ortho nitro benzene ring substituents is 1. The maximum Gasteiger partial charge on any atom is 0.270 e. The van der Waals surface area contributed by atoms with E-state index in [1.54, 1.807) is 6.07 Å². The van der Waals surface area contributed by atoms with Crippen LogP contribution in [0.1, 0.15) is 29.0 Å². The van der Waals surface area contributed by atoms with Crippen molar-refractivity contribution in [3.63, 3.8) is 0 Å². The molecule has 2 aromatic carbocycles. The number of anilines is 1. The molecule has 1 aliphatic heterocycles. The molecule has 0 radical (unpaired) electrons. The maximum absolute atomic E-state index is 12.8. The molecule has 2 N–H and O–H groups in total. The minimum Gasteiger partial charge on any atom is -0.371 e. The van der Waals surface area contributed by atoms with Gasteiger partial charge in [0.05, 0.1) is 27.2 Å². The van der Waals surface area contributed by atoms with E-state index in [4.69, 9.17) is 0 Å². The highest BCUT2D eigenvalue weighted by atomic mass is 16.6. The van der Waals surface area contributed by atoms with E-state index in [2.05, 4.69) is 20.2 Å². The van der Waals surface area contributed by atoms with Gasteiger partial charge in [0.1, 0.15) is 5.82 Å². The molecule has 0 atom stereocenters. The molecule has 8 heteroatoms. The third-order valence-electron chi connectivity index (χ3n) is 4.97. The Balaban J connectivity index is 1.48. The second-order valence-corrected chi connectivity index (χ2v) is 6.86. The monoisotopic (exact) mass is 379 g/mol. The average molecular weight is 379 g/mol. The molecule has 28 heavy (non-hydrogen) atoms. The first kappa shape index (κ1) is 18.0. The fourth-order valence-electron chi connectivity index (χ4n) is 3.57. The molecular formula is C20H21N5O3. The summed E-state index contributed by atoms with van der Waals surface area (Å²) in [4.78, 5) is 33.3. The predicted molar refractivity (Wildman–Crippen MR) is 107 cm³/mol. The molecule has 1 saturated heterocycles. The van der Waals surface area contributed by atoms with Crippen LogP contribution < -0.4 is 10.2 Å². The number of nitrogens with zero attached hydrogens (tertiary/aromatic N) is 3. The molecule has 0 spiro atoms. The van der Waals surface area contributed by atoms with Crippen LogP contribution in [-0.2, 0) is 6.42 Å². The van der Waals surface area contributed by atoms with Gasteiger partial charge in [0, 0.05) is 38.2 Å². The number of carbonyl (C=O) groups is 1. The normalized spacial score (nSPS) is 13.8. The molecule has 8 nitrogen and oxygen atoms in total. The van der Waals surface area contributed by atoms with E-state index >= 15 is 0 Å². The highest BCUT2D eigenvalue weighted by Gasteiger charge is 2.22. The molecule has 1 amide bonds. The Bertz CT molecular complexity index is 991. The largest absolute Gasteiger partial charge is 0.371 e. The third kappa shape index (κ3) is 3.66. The van der Waals surface area contributed by atoms with Crippen molar-refractivity contribution >= 4 is 28.3 Å². The molecule has 0 unspecified atom stereocenters. The number of para-hydroxylation sites is 2. The molecule has 1 fully saturated rings. The molecule has 3 aromatic rings. The van der Waals surface area contributed by atoms with Crippen molar-refractivity contribution in [3.05, 3.63) is 64.0 Å². The van der Waals surface area contributed by atoms with Crippen molar-refractivity contribution in [2.24, 2.45) is 0 Å². The summed E-state index contributed by atoms with van der Waals surface area (Å²) in [6.45, 7) is 2.11. The summed E-state index contributed by atoms with van der Waals surface area (Å²) in [7, 11) is 0. The Morgan fingerprint density at radius 1 is 1.21 bits per heavy atom. The maximum atomic E-state index is 12.8. The molecule has 0 aliphatic carbocycles. The second kappa shape index (κ2) is 7.67. The molecule has 0 saturated carbocycles. The minimum atomic E-state index is -0.473. The van der Waals surface area contributed by atoms with Crippen LogP contribution in [0.3, 0.4) is 0 Å². The summed E-state index contributed by atoms with van der Waals surface area (Å²) in [5, 5.41) is 14.0. The topological polar surface area (TPSA) is 104 Å². The predicted octanol–water partition coefficient (Wildman–Crippen LogP) is 3.04. The zero-order chi connectivity index (χ0) is 19.5. The van der Waals surface area contributed by atoms with Gasteiger partial charge in [-0.25, -0.2) is 4.98 Å². The Morgan fingerprint density at radius 3 is 2.75 bits per heavy atom. The van der Waals surface area contributed by atoms with Crippen LogP contribution in [0.5, 0.6) is 0 Å². The second-order valence-electron chi connectivity index (χ2n) is 6.86. The SMILES string of the molecule is O=C(NCCc1nc2ccccc2[nH]1)c1cc([N+](=O)[O-])ccc1N1CCCC1. The fourth-order valence-corrected chi connectivity index (χ4v) is 3.57.